The van der Waals surface area contributed by atoms with Gasteiger partial charge in [-0.15, -0.1) is 0 Å². The van der Waals surface area contributed by atoms with E-state index in [4.69, 9.17) is 0 Å². The van der Waals surface area contributed by atoms with E-state index in [0.29, 0.717) is 0 Å². The van der Waals surface area contributed by atoms with Crippen LogP contribution >= 0.6 is 0 Å². The van der Waals surface area contributed by atoms with Gasteiger partial charge in [0.25, 0.3) is 0 Å². The Morgan fingerprint density at radius 1 is 0.271 bits per heavy atom. The van der Waals surface area contributed by atoms with Gasteiger partial charge < -0.3 is 14.7 Å². The van der Waals surface area contributed by atoms with Crippen LogP contribution < -0.4 is 35.4 Å². The third kappa shape index (κ3) is 4.20. The molecule has 4 heteroatoms. The minimum absolute atomic E-state index is 1.19. The number of rotatable bonds is 4. The van der Waals surface area contributed by atoms with Gasteiger partial charge in [0, 0.05) is 65.8 Å². The number of fused-ring (bicyclic) bond motifs is 3. The quantitative estimate of drug-likeness (QED) is 0.165. The predicted octanol–water partition coefficient (Wildman–Crippen LogP) is 12.2. The molecular weight excluding hydrogens is 731 g/mol. The molecule has 0 spiro atoms. The Bertz CT molecular complexity index is 3220. The van der Waals surface area contributed by atoms with E-state index in [0.717, 1.165) is 0 Å². The molecule has 3 nitrogen and oxygen atoms in total. The lowest BCUT2D eigenvalue weighted by Gasteiger charge is -2.55. The van der Waals surface area contributed by atoms with E-state index in [1.165, 1.54) is 110 Å². The normalized spacial score (nSPS) is 14.2. The zero-order valence-corrected chi connectivity index (χ0v) is 33.5. The Morgan fingerprint density at radius 3 is 1.08 bits per heavy atom. The van der Waals surface area contributed by atoms with Crippen molar-refractivity contribution in [1.82, 2.24) is 0 Å². The fourth-order valence-corrected chi connectivity index (χ4v) is 16.7. The molecule has 10 aromatic rings. The number of nitrogens with zero attached hydrogens (tertiary/aromatic N) is 3. The zero-order valence-electron chi connectivity index (χ0n) is 32.5. The molecule has 0 saturated heterocycles. The Hall–Kier alpha value is -7.40. The standard InChI is InChI=1S/C55H37N3Si/c1-36-34-35-46(43-25-10-9-22-40(36)43)58-51-32-14-30-49-54(51)59(39-20-3-2-4-21-39)53-47(56(49)44-26-11-18-37-16-5-7-23-41(37)44)28-13-29-48(53)57(50-31-15-33-52(58)55(50)59)45-27-12-19-38-17-6-8-24-42(38)45/h2-35H,1H3. The van der Waals surface area contributed by atoms with Gasteiger partial charge in [-0.25, -0.2) is 0 Å². The van der Waals surface area contributed by atoms with Crippen molar-refractivity contribution in [3.63, 3.8) is 0 Å². The first-order valence-corrected chi connectivity index (χ1v) is 22.5. The Morgan fingerprint density at radius 2 is 0.610 bits per heavy atom. The SMILES string of the molecule is Cc1ccc(N2c3cccc4c3[Si]3(c5ccccc5)c5c(cccc5N(c5cccc6ccccc56)c5cccc2c53)N4c2cccc3ccccc23)c2ccccc12. The number of hydrogen-bond donors (Lipinski definition) is 0. The lowest BCUT2D eigenvalue weighted by Crippen LogP contribution is -2.81. The number of hydrogen-bond acceptors (Lipinski definition) is 3. The highest BCUT2D eigenvalue weighted by Crippen LogP contribution is 2.54. The van der Waals surface area contributed by atoms with Crippen LogP contribution in [0.2, 0.25) is 0 Å². The molecule has 0 bridgehead atoms. The van der Waals surface area contributed by atoms with Crippen molar-refractivity contribution in [2.75, 3.05) is 14.7 Å². The molecule has 0 atom stereocenters. The van der Waals surface area contributed by atoms with Crippen molar-refractivity contribution >= 4 is 112 Å². The molecule has 0 N–H and O–H groups in total. The van der Waals surface area contributed by atoms with Crippen molar-refractivity contribution in [2.45, 2.75) is 6.92 Å². The van der Waals surface area contributed by atoms with Gasteiger partial charge >= 0.3 is 0 Å². The van der Waals surface area contributed by atoms with E-state index in [1.807, 2.05) is 0 Å². The molecule has 0 fully saturated rings. The van der Waals surface area contributed by atoms with E-state index in [2.05, 4.69) is 228 Å². The average molecular weight is 768 g/mol. The van der Waals surface area contributed by atoms with E-state index in [9.17, 15) is 0 Å². The molecule has 0 aliphatic carbocycles. The van der Waals surface area contributed by atoms with Crippen LogP contribution in [0.15, 0.2) is 206 Å². The molecule has 0 radical (unpaired) electrons. The average Bonchev–Trinajstić information content (AvgIpc) is 3.30. The number of benzene rings is 10. The minimum atomic E-state index is -3.09. The molecule has 3 aliphatic rings. The maximum absolute atomic E-state index is 3.09. The van der Waals surface area contributed by atoms with Gasteiger partial charge in [0.15, 0.2) is 8.07 Å². The third-order valence-corrected chi connectivity index (χ3v) is 18.2. The first-order chi connectivity index (χ1) is 29.2. The van der Waals surface area contributed by atoms with E-state index >= 15 is 0 Å². The molecule has 276 valence electrons. The molecule has 3 aliphatic heterocycles. The molecule has 0 unspecified atom stereocenters. The summed E-state index contributed by atoms with van der Waals surface area (Å²) in [5.41, 5.74) is 12.4. The first-order valence-electron chi connectivity index (χ1n) is 20.5. The minimum Gasteiger partial charge on any atom is -0.310 e. The fourth-order valence-electron chi connectivity index (χ4n) is 11.0. The van der Waals surface area contributed by atoms with Gasteiger partial charge in [0.1, 0.15) is 0 Å². The highest BCUT2D eigenvalue weighted by atomic mass is 28.3. The first kappa shape index (κ1) is 32.7. The van der Waals surface area contributed by atoms with Crippen molar-refractivity contribution in [1.29, 1.82) is 0 Å². The third-order valence-electron chi connectivity index (χ3n) is 13.2. The van der Waals surface area contributed by atoms with Crippen LogP contribution in [0.5, 0.6) is 0 Å². The Kier molecular flexibility index (Phi) is 6.67. The second kappa shape index (κ2) is 12.1. The van der Waals surface area contributed by atoms with Crippen LogP contribution in [0.3, 0.4) is 0 Å². The van der Waals surface area contributed by atoms with Gasteiger partial charge in [-0.1, -0.05) is 152 Å². The van der Waals surface area contributed by atoms with Gasteiger partial charge in [0.2, 0.25) is 0 Å². The second-order valence-electron chi connectivity index (χ2n) is 16.1. The largest absolute Gasteiger partial charge is 0.310 e. The van der Waals surface area contributed by atoms with E-state index in [-0.39, 0.29) is 0 Å². The Labute approximate surface area is 344 Å². The monoisotopic (exact) mass is 767 g/mol. The van der Waals surface area contributed by atoms with Crippen LogP contribution in [0.25, 0.3) is 32.3 Å². The summed E-state index contributed by atoms with van der Waals surface area (Å²) in [5, 5.41) is 13.2. The summed E-state index contributed by atoms with van der Waals surface area (Å²) in [7, 11) is -3.09. The molecular formula is C55H37N3Si. The summed E-state index contributed by atoms with van der Waals surface area (Å²) in [6, 6.07) is 77.6. The van der Waals surface area contributed by atoms with Gasteiger partial charge in [-0.2, -0.15) is 0 Å². The molecule has 13 rings (SSSR count). The second-order valence-corrected chi connectivity index (χ2v) is 19.7. The summed E-state index contributed by atoms with van der Waals surface area (Å²) in [6.07, 6.45) is 0. The fraction of sp³-hybridized carbons (Fsp3) is 0.0182. The molecule has 10 aromatic carbocycles. The number of aryl methyl sites for hydroxylation is 1. The van der Waals surface area contributed by atoms with Gasteiger partial charge in [0.05, 0.1) is 17.1 Å². The van der Waals surface area contributed by atoms with E-state index < -0.39 is 8.07 Å². The van der Waals surface area contributed by atoms with Crippen molar-refractivity contribution in [2.24, 2.45) is 0 Å². The van der Waals surface area contributed by atoms with Crippen LogP contribution in [0.4, 0.5) is 51.2 Å². The summed E-state index contributed by atoms with van der Waals surface area (Å²) in [5.74, 6) is 0. The van der Waals surface area contributed by atoms with Crippen LogP contribution in [0, 0.1) is 6.92 Å². The van der Waals surface area contributed by atoms with Crippen LogP contribution in [-0.2, 0) is 0 Å². The van der Waals surface area contributed by atoms with Crippen LogP contribution in [-0.4, -0.2) is 8.07 Å². The highest BCUT2D eigenvalue weighted by Gasteiger charge is 2.59. The smallest absolute Gasteiger partial charge is 0.194 e. The lowest BCUT2D eigenvalue weighted by atomic mass is 10.0. The Balaban J connectivity index is 1.26. The summed E-state index contributed by atoms with van der Waals surface area (Å²) in [4.78, 5) is 7.80. The molecule has 0 amide bonds. The number of anilines is 9. The molecule has 59 heavy (non-hydrogen) atoms. The van der Waals surface area contributed by atoms with Crippen molar-refractivity contribution in [3.05, 3.63) is 212 Å². The van der Waals surface area contributed by atoms with E-state index in [1.54, 1.807) is 0 Å². The molecule has 0 aromatic heterocycles. The topological polar surface area (TPSA) is 9.72 Å². The van der Waals surface area contributed by atoms with Crippen molar-refractivity contribution < 1.29 is 0 Å². The molecule has 0 saturated carbocycles. The predicted molar refractivity (Wildman–Crippen MR) is 252 cm³/mol. The van der Waals surface area contributed by atoms with Gasteiger partial charge in [-0.3, -0.25) is 0 Å². The van der Waals surface area contributed by atoms with Crippen LogP contribution in [0.1, 0.15) is 5.56 Å². The maximum atomic E-state index is 2.61. The van der Waals surface area contributed by atoms with Crippen molar-refractivity contribution in [3.8, 4) is 0 Å². The highest BCUT2D eigenvalue weighted by molar-refractivity contribution is 7.24. The lowest BCUT2D eigenvalue weighted by molar-refractivity contribution is 1.22. The zero-order chi connectivity index (χ0) is 38.8. The van der Waals surface area contributed by atoms with Gasteiger partial charge in [-0.05, 0) is 88.4 Å². The summed E-state index contributed by atoms with van der Waals surface area (Å²) >= 11 is 0. The summed E-state index contributed by atoms with van der Waals surface area (Å²) in [6.45, 7) is 2.23. The summed E-state index contributed by atoms with van der Waals surface area (Å²) < 4.78 is 0. The molecule has 3 heterocycles. The maximum Gasteiger partial charge on any atom is 0.194 e.